The van der Waals surface area contributed by atoms with E-state index < -0.39 is 0 Å². The molecule has 1 aromatic rings. The van der Waals surface area contributed by atoms with E-state index in [9.17, 15) is 0 Å². The van der Waals surface area contributed by atoms with Crippen molar-refractivity contribution in [2.75, 3.05) is 13.6 Å². The Kier molecular flexibility index (Phi) is 2.39. The normalized spacial score (nSPS) is 10.7. The van der Waals surface area contributed by atoms with E-state index in [1.807, 2.05) is 6.20 Å². The maximum atomic E-state index is 3.86. The Labute approximate surface area is 60.2 Å². The van der Waals surface area contributed by atoms with Crippen molar-refractivity contribution in [1.29, 1.82) is 0 Å². The van der Waals surface area contributed by atoms with Crippen LogP contribution in [0, 0.1) is 0 Å². The molecule has 0 saturated heterocycles. The van der Waals surface area contributed by atoms with Crippen LogP contribution in [0.3, 0.4) is 0 Å². The molecule has 0 saturated carbocycles. The predicted octanol–water partition coefficient (Wildman–Crippen LogP) is 0.256. The van der Waals surface area contributed by atoms with Crippen molar-refractivity contribution in [1.82, 2.24) is 20.3 Å². The summed E-state index contributed by atoms with van der Waals surface area (Å²) in [7, 11) is 2.05. The van der Waals surface area contributed by atoms with E-state index in [1.54, 1.807) is 0 Å². The Hall–Kier alpha value is -0.900. The SMILES string of the molecule is CCN(C)Cc1c[nH]nn1. The smallest absolute Gasteiger partial charge is 0.0964 e. The number of rotatable bonds is 3. The number of hydrogen-bond donors (Lipinski definition) is 1. The number of aromatic amines is 1. The second-order valence-electron chi connectivity index (χ2n) is 2.30. The number of H-pyrrole nitrogens is 1. The topological polar surface area (TPSA) is 44.8 Å². The van der Waals surface area contributed by atoms with Gasteiger partial charge in [0.15, 0.2) is 0 Å². The predicted molar refractivity (Wildman–Crippen MR) is 38.4 cm³/mol. The van der Waals surface area contributed by atoms with E-state index in [4.69, 9.17) is 0 Å². The maximum absolute atomic E-state index is 3.86. The van der Waals surface area contributed by atoms with Crippen molar-refractivity contribution >= 4 is 0 Å². The molecule has 10 heavy (non-hydrogen) atoms. The Morgan fingerprint density at radius 2 is 2.50 bits per heavy atom. The van der Waals surface area contributed by atoms with Crippen molar-refractivity contribution in [3.63, 3.8) is 0 Å². The van der Waals surface area contributed by atoms with Gasteiger partial charge in [-0.25, -0.2) is 0 Å². The molecular formula is C6H12N4. The van der Waals surface area contributed by atoms with E-state index in [0.717, 1.165) is 18.8 Å². The molecule has 0 aliphatic rings. The molecule has 56 valence electrons. The minimum atomic E-state index is 0.868. The Balaban J connectivity index is 2.40. The van der Waals surface area contributed by atoms with Gasteiger partial charge in [0.1, 0.15) is 0 Å². The molecule has 1 N–H and O–H groups in total. The van der Waals surface area contributed by atoms with Gasteiger partial charge in [-0.2, -0.15) is 0 Å². The Bertz CT molecular complexity index is 170. The van der Waals surface area contributed by atoms with E-state index in [2.05, 4.69) is 34.3 Å². The zero-order valence-electron chi connectivity index (χ0n) is 6.33. The Morgan fingerprint density at radius 1 is 1.70 bits per heavy atom. The fraction of sp³-hybridized carbons (Fsp3) is 0.667. The molecule has 0 aromatic carbocycles. The summed E-state index contributed by atoms with van der Waals surface area (Å²) in [6, 6.07) is 0. The first-order chi connectivity index (χ1) is 4.83. The van der Waals surface area contributed by atoms with Crippen LogP contribution in [0.4, 0.5) is 0 Å². The van der Waals surface area contributed by atoms with Crippen LogP contribution in [0.1, 0.15) is 12.6 Å². The monoisotopic (exact) mass is 140 g/mol. The minimum Gasteiger partial charge on any atom is -0.301 e. The van der Waals surface area contributed by atoms with Gasteiger partial charge in [0.25, 0.3) is 0 Å². The van der Waals surface area contributed by atoms with E-state index in [1.165, 1.54) is 0 Å². The summed E-state index contributed by atoms with van der Waals surface area (Å²) in [4.78, 5) is 2.16. The molecule has 4 nitrogen and oxygen atoms in total. The van der Waals surface area contributed by atoms with E-state index in [0.29, 0.717) is 0 Å². The lowest BCUT2D eigenvalue weighted by molar-refractivity contribution is 0.341. The van der Waals surface area contributed by atoms with Gasteiger partial charge in [-0.3, -0.25) is 5.10 Å². The van der Waals surface area contributed by atoms with E-state index in [-0.39, 0.29) is 0 Å². The van der Waals surface area contributed by atoms with Gasteiger partial charge in [0.2, 0.25) is 0 Å². The molecule has 0 bridgehead atoms. The van der Waals surface area contributed by atoms with Gasteiger partial charge >= 0.3 is 0 Å². The number of aromatic nitrogens is 3. The van der Waals surface area contributed by atoms with Crippen molar-refractivity contribution < 1.29 is 0 Å². The van der Waals surface area contributed by atoms with Gasteiger partial charge in [-0.1, -0.05) is 12.1 Å². The molecule has 4 heteroatoms. The fourth-order valence-electron chi connectivity index (χ4n) is 0.691. The highest BCUT2D eigenvalue weighted by Gasteiger charge is 1.98. The molecule has 1 rings (SSSR count). The quantitative estimate of drug-likeness (QED) is 0.654. The van der Waals surface area contributed by atoms with Gasteiger partial charge in [-0.05, 0) is 13.6 Å². The van der Waals surface area contributed by atoms with Crippen molar-refractivity contribution in [2.24, 2.45) is 0 Å². The molecule has 0 spiro atoms. The zero-order valence-corrected chi connectivity index (χ0v) is 6.33. The largest absolute Gasteiger partial charge is 0.301 e. The highest BCUT2D eigenvalue weighted by atomic mass is 15.3. The second-order valence-corrected chi connectivity index (χ2v) is 2.30. The van der Waals surface area contributed by atoms with Crippen LogP contribution >= 0.6 is 0 Å². The first kappa shape index (κ1) is 7.21. The summed E-state index contributed by atoms with van der Waals surface area (Å²) in [5.41, 5.74) is 0.990. The number of hydrogen-bond acceptors (Lipinski definition) is 3. The first-order valence-corrected chi connectivity index (χ1v) is 3.36. The lowest BCUT2D eigenvalue weighted by Gasteiger charge is -2.09. The fourth-order valence-corrected chi connectivity index (χ4v) is 0.691. The zero-order chi connectivity index (χ0) is 7.40. The third kappa shape index (κ3) is 1.80. The lowest BCUT2D eigenvalue weighted by atomic mass is 10.4. The molecule has 1 aromatic heterocycles. The summed E-state index contributed by atoms with van der Waals surface area (Å²) in [5.74, 6) is 0. The average molecular weight is 140 g/mol. The van der Waals surface area contributed by atoms with Crippen LogP contribution in [-0.4, -0.2) is 33.9 Å². The minimum absolute atomic E-state index is 0.868. The molecule has 0 atom stereocenters. The van der Waals surface area contributed by atoms with Crippen LogP contribution in [0.5, 0.6) is 0 Å². The van der Waals surface area contributed by atoms with Crippen molar-refractivity contribution in [2.45, 2.75) is 13.5 Å². The Morgan fingerprint density at radius 3 is 3.00 bits per heavy atom. The van der Waals surface area contributed by atoms with Crippen molar-refractivity contribution in [3.8, 4) is 0 Å². The number of nitrogens with zero attached hydrogens (tertiary/aromatic N) is 3. The van der Waals surface area contributed by atoms with Gasteiger partial charge in [-0.15, -0.1) is 5.10 Å². The number of nitrogens with one attached hydrogen (secondary N) is 1. The molecular weight excluding hydrogens is 128 g/mol. The average Bonchev–Trinajstić information content (AvgIpc) is 2.40. The molecule has 0 amide bonds. The van der Waals surface area contributed by atoms with Crippen LogP contribution in [0.15, 0.2) is 6.20 Å². The standard InChI is InChI=1S/C6H12N4/c1-3-10(2)5-6-4-7-9-8-6/h4H,3,5H2,1-2H3,(H,7,8,9). The van der Waals surface area contributed by atoms with Gasteiger partial charge in [0.05, 0.1) is 5.69 Å². The van der Waals surface area contributed by atoms with Gasteiger partial charge in [0, 0.05) is 12.7 Å². The van der Waals surface area contributed by atoms with Crippen molar-refractivity contribution in [3.05, 3.63) is 11.9 Å². The van der Waals surface area contributed by atoms with Crippen LogP contribution in [0.25, 0.3) is 0 Å². The van der Waals surface area contributed by atoms with E-state index >= 15 is 0 Å². The summed E-state index contributed by atoms with van der Waals surface area (Å²) >= 11 is 0. The highest BCUT2D eigenvalue weighted by molar-refractivity contribution is 4.89. The molecule has 0 unspecified atom stereocenters. The second kappa shape index (κ2) is 3.31. The maximum Gasteiger partial charge on any atom is 0.0964 e. The van der Waals surface area contributed by atoms with Gasteiger partial charge < -0.3 is 4.90 Å². The summed E-state index contributed by atoms with van der Waals surface area (Å²) in [6.45, 7) is 4.01. The molecule has 0 aliphatic heterocycles. The highest BCUT2D eigenvalue weighted by Crippen LogP contribution is 1.93. The summed E-state index contributed by atoms with van der Waals surface area (Å²) in [5, 5.41) is 10.1. The third-order valence-electron chi connectivity index (χ3n) is 1.44. The lowest BCUT2D eigenvalue weighted by Crippen LogP contribution is -2.16. The van der Waals surface area contributed by atoms with Crippen LogP contribution in [-0.2, 0) is 6.54 Å². The molecule has 0 fully saturated rings. The molecule has 1 heterocycles. The van der Waals surface area contributed by atoms with Crippen LogP contribution in [0.2, 0.25) is 0 Å². The van der Waals surface area contributed by atoms with Crippen LogP contribution < -0.4 is 0 Å². The summed E-state index contributed by atoms with van der Waals surface area (Å²) < 4.78 is 0. The summed E-state index contributed by atoms with van der Waals surface area (Å²) in [6.07, 6.45) is 1.81. The molecule has 0 radical (unpaired) electrons. The third-order valence-corrected chi connectivity index (χ3v) is 1.44. The first-order valence-electron chi connectivity index (χ1n) is 3.36. The molecule has 0 aliphatic carbocycles.